The SMILES string of the molecule is CCCCCCC(C)OC(=O)c1cc2cc(N)ccc2o1. The Balaban J connectivity index is 1.92. The van der Waals surface area contributed by atoms with Crippen molar-refractivity contribution < 1.29 is 13.9 Å². The lowest BCUT2D eigenvalue weighted by Gasteiger charge is -2.11. The number of benzene rings is 1. The lowest BCUT2D eigenvalue weighted by atomic mass is 10.1. The van der Waals surface area contributed by atoms with Crippen molar-refractivity contribution >= 4 is 22.6 Å². The Labute approximate surface area is 125 Å². The van der Waals surface area contributed by atoms with E-state index in [4.69, 9.17) is 14.9 Å². The van der Waals surface area contributed by atoms with Gasteiger partial charge >= 0.3 is 5.97 Å². The number of anilines is 1. The Morgan fingerprint density at radius 3 is 2.86 bits per heavy atom. The molecule has 1 atom stereocenters. The van der Waals surface area contributed by atoms with Crippen LogP contribution in [-0.4, -0.2) is 12.1 Å². The number of fused-ring (bicyclic) bond motifs is 1. The van der Waals surface area contributed by atoms with Crippen molar-refractivity contribution in [3.8, 4) is 0 Å². The fourth-order valence-corrected chi connectivity index (χ4v) is 2.32. The zero-order valence-electron chi connectivity index (χ0n) is 12.7. The molecule has 114 valence electrons. The van der Waals surface area contributed by atoms with Crippen LogP contribution in [0.5, 0.6) is 0 Å². The van der Waals surface area contributed by atoms with Crippen LogP contribution in [0, 0.1) is 0 Å². The summed E-state index contributed by atoms with van der Waals surface area (Å²) >= 11 is 0. The molecule has 2 rings (SSSR count). The number of carbonyl (C=O) groups is 1. The van der Waals surface area contributed by atoms with E-state index in [0.29, 0.717) is 11.3 Å². The summed E-state index contributed by atoms with van der Waals surface area (Å²) in [4.78, 5) is 12.1. The minimum Gasteiger partial charge on any atom is -0.457 e. The molecule has 4 nitrogen and oxygen atoms in total. The number of hydrogen-bond acceptors (Lipinski definition) is 4. The van der Waals surface area contributed by atoms with Crippen LogP contribution < -0.4 is 5.73 Å². The first-order chi connectivity index (χ1) is 10.1. The molecule has 0 saturated carbocycles. The summed E-state index contributed by atoms with van der Waals surface area (Å²) in [5.74, 6) is -0.177. The second kappa shape index (κ2) is 7.16. The molecule has 1 heterocycles. The molecular formula is C17H23NO3. The van der Waals surface area contributed by atoms with Gasteiger partial charge in [-0.2, -0.15) is 0 Å². The third-order valence-corrected chi connectivity index (χ3v) is 3.51. The Morgan fingerprint density at radius 2 is 2.10 bits per heavy atom. The summed E-state index contributed by atoms with van der Waals surface area (Å²) in [7, 11) is 0. The van der Waals surface area contributed by atoms with E-state index in [1.54, 1.807) is 24.3 Å². The van der Waals surface area contributed by atoms with Crippen molar-refractivity contribution in [1.82, 2.24) is 0 Å². The summed E-state index contributed by atoms with van der Waals surface area (Å²) < 4.78 is 10.9. The Bertz CT molecular complexity index is 603. The second-order valence-corrected chi connectivity index (χ2v) is 5.47. The predicted molar refractivity (Wildman–Crippen MR) is 84.3 cm³/mol. The summed E-state index contributed by atoms with van der Waals surface area (Å²) in [5.41, 5.74) is 7.00. The Kier molecular flexibility index (Phi) is 5.26. The molecular weight excluding hydrogens is 266 g/mol. The highest BCUT2D eigenvalue weighted by atomic mass is 16.6. The van der Waals surface area contributed by atoms with Gasteiger partial charge in [0.25, 0.3) is 0 Å². The van der Waals surface area contributed by atoms with Crippen molar-refractivity contribution in [1.29, 1.82) is 0 Å². The van der Waals surface area contributed by atoms with Crippen LogP contribution in [0.15, 0.2) is 28.7 Å². The molecule has 1 aromatic heterocycles. The van der Waals surface area contributed by atoms with Gasteiger partial charge in [-0.1, -0.05) is 26.2 Å². The first-order valence-electron chi connectivity index (χ1n) is 7.60. The molecule has 0 fully saturated rings. The number of esters is 1. The predicted octanol–water partition coefficient (Wildman–Crippen LogP) is 4.53. The molecule has 0 aliphatic heterocycles. The monoisotopic (exact) mass is 289 g/mol. The van der Waals surface area contributed by atoms with Gasteiger partial charge in [-0.15, -0.1) is 0 Å². The van der Waals surface area contributed by atoms with Gasteiger partial charge in [-0.3, -0.25) is 0 Å². The highest BCUT2D eigenvalue weighted by molar-refractivity contribution is 5.93. The van der Waals surface area contributed by atoms with Crippen LogP contribution in [0.3, 0.4) is 0 Å². The number of unbranched alkanes of at least 4 members (excludes halogenated alkanes) is 3. The number of nitrogen functional groups attached to an aromatic ring is 1. The van der Waals surface area contributed by atoms with Crippen LogP contribution in [0.1, 0.15) is 56.5 Å². The Hall–Kier alpha value is -1.97. The minimum atomic E-state index is -0.409. The zero-order chi connectivity index (χ0) is 15.2. The molecule has 0 aliphatic rings. The molecule has 0 bridgehead atoms. The normalized spacial score (nSPS) is 12.5. The smallest absolute Gasteiger partial charge is 0.374 e. The molecule has 2 N–H and O–H groups in total. The van der Waals surface area contributed by atoms with Gasteiger partial charge in [0.1, 0.15) is 5.58 Å². The number of ether oxygens (including phenoxy) is 1. The fraction of sp³-hybridized carbons (Fsp3) is 0.471. The van der Waals surface area contributed by atoms with Crippen LogP contribution in [0.4, 0.5) is 5.69 Å². The van der Waals surface area contributed by atoms with Crippen LogP contribution in [0.25, 0.3) is 11.0 Å². The average molecular weight is 289 g/mol. The summed E-state index contributed by atoms with van der Waals surface area (Å²) in [5, 5.41) is 0.817. The standard InChI is InChI=1S/C17H23NO3/c1-3-4-5-6-7-12(2)20-17(19)16-11-13-10-14(18)8-9-15(13)21-16/h8-12H,3-7,18H2,1-2H3. The van der Waals surface area contributed by atoms with E-state index in [1.165, 1.54) is 19.3 Å². The molecule has 4 heteroatoms. The minimum absolute atomic E-state index is 0.0902. The molecule has 0 amide bonds. The molecule has 2 aromatic rings. The maximum atomic E-state index is 12.1. The van der Waals surface area contributed by atoms with Crippen molar-refractivity contribution in [2.75, 3.05) is 5.73 Å². The number of nitrogens with two attached hydrogens (primary N) is 1. The van der Waals surface area contributed by atoms with Gasteiger partial charge in [-0.05, 0) is 44.0 Å². The van der Waals surface area contributed by atoms with Gasteiger partial charge in [0.15, 0.2) is 0 Å². The molecule has 0 spiro atoms. The first-order valence-corrected chi connectivity index (χ1v) is 7.60. The van der Waals surface area contributed by atoms with E-state index in [1.807, 2.05) is 6.92 Å². The number of furan rings is 1. The quantitative estimate of drug-likeness (QED) is 0.462. The Morgan fingerprint density at radius 1 is 1.29 bits per heavy atom. The van der Waals surface area contributed by atoms with Gasteiger partial charge in [0, 0.05) is 11.1 Å². The average Bonchev–Trinajstić information content (AvgIpc) is 2.86. The number of rotatable bonds is 7. The van der Waals surface area contributed by atoms with E-state index in [-0.39, 0.29) is 11.9 Å². The van der Waals surface area contributed by atoms with Gasteiger partial charge in [-0.25, -0.2) is 4.79 Å². The van der Waals surface area contributed by atoms with Crippen LogP contribution in [0.2, 0.25) is 0 Å². The summed E-state index contributed by atoms with van der Waals surface area (Å²) in [6.45, 7) is 4.10. The number of hydrogen-bond donors (Lipinski definition) is 1. The summed E-state index contributed by atoms with van der Waals surface area (Å²) in [6, 6.07) is 6.97. The largest absolute Gasteiger partial charge is 0.457 e. The number of carbonyl (C=O) groups excluding carboxylic acids is 1. The van der Waals surface area contributed by atoms with E-state index in [0.717, 1.165) is 18.2 Å². The lowest BCUT2D eigenvalue weighted by Crippen LogP contribution is -2.14. The molecule has 0 saturated heterocycles. The molecule has 1 aromatic carbocycles. The molecule has 1 unspecified atom stereocenters. The van der Waals surface area contributed by atoms with E-state index < -0.39 is 5.97 Å². The third-order valence-electron chi connectivity index (χ3n) is 3.51. The zero-order valence-corrected chi connectivity index (χ0v) is 12.7. The van der Waals surface area contributed by atoms with Crippen molar-refractivity contribution in [3.63, 3.8) is 0 Å². The second-order valence-electron chi connectivity index (χ2n) is 5.47. The topological polar surface area (TPSA) is 65.5 Å². The fourth-order valence-electron chi connectivity index (χ4n) is 2.32. The maximum absolute atomic E-state index is 12.1. The molecule has 21 heavy (non-hydrogen) atoms. The van der Waals surface area contributed by atoms with Gasteiger partial charge < -0.3 is 14.9 Å². The van der Waals surface area contributed by atoms with Gasteiger partial charge in [0.05, 0.1) is 6.10 Å². The van der Waals surface area contributed by atoms with E-state index >= 15 is 0 Å². The highest BCUT2D eigenvalue weighted by Gasteiger charge is 2.16. The highest BCUT2D eigenvalue weighted by Crippen LogP contribution is 2.22. The van der Waals surface area contributed by atoms with Gasteiger partial charge in [0.2, 0.25) is 5.76 Å². The van der Waals surface area contributed by atoms with Crippen molar-refractivity contribution in [2.45, 2.75) is 52.1 Å². The van der Waals surface area contributed by atoms with Crippen LogP contribution in [-0.2, 0) is 4.74 Å². The summed E-state index contributed by atoms with van der Waals surface area (Å²) in [6.07, 6.45) is 5.50. The lowest BCUT2D eigenvalue weighted by molar-refractivity contribution is 0.0286. The van der Waals surface area contributed by atoms with Crippen LogP contribution >= 0.6 is 0 Å². The molecule has 0 aliphatic carbocycles. The molecule has 0 radical (unpaired) electrons. The maximum Gasteiger partial charge on any atom is 0.374 e. The third kappa shape index (κ3) is 4.25. The van der Waals surface area contributed by atoms with E-state index in [9.17, 15) is 4.79 Å². The first kappa shape index (κ1) is 15.4. The van der Waals surface area contributed by atoms with Crippen molar-refractivity contribution in [2.24, 2.45) is 0 Å². The van der Waals surface area contributed by atoms with E-state index in [2.05, 4.69) is 6.92 Å². The van der Waals surface area contributed by atoms with Crippen molar-refractivity contribution in [3.05, 3.63) is 30.0 Å².